The molecule has 35 heavy (non-hydrogen) atoms. The fourth-order valence-corrected chi connectivity index (χ4v) is 12.0. The van der Waals surface area contributed by atoms with Crippen LogP contribution in [0, 0.1) is 56.2 Å². The normalized spacial score (nSPS) is 52.2. The van der Waals surface area contributed by atoms with Gasteiger partial charge in [-0.25, -0.2) is 0 Å². The summed E-state index contributed by atoms with van der Waals surface area (Å²) in [6.07, 6.45) is 13.9. The van der Waals surface area contributed by atoms with Crippen molar-refractivity contribution in [1.82, 2.24) is 5.32 Å². The molecular formula is C33H59NO. The molecule has 0 heterocycles. The largest absolute Gasteiger partial charge is 0.356 e. The van der Waals surface area contributed by atoms with E-state index in [0.717, 1.165) is 37.1 Å². The SMILES string of the molecule is CCCNC(=O)CC[C@@H](C)[C@H]1CC[C@@]2(C)[C@]3(C)[C@H](C)C[C@]4(C)C[C@H](C)CC[C@]4(C)[C@@]3(C)CC[C@]12C. The minimum atomic E-state index is 0.257. The molecule has 0 aromatic rings. The number of fused-ring (bicyclic) bond motifs is 5. The van der Waals surface area contributed by atoms with Crippen molar-refractivity contribution < 1.29 is 4.79 Å². The lowest BCUT2D eigenvalue weighted by Gasteiger charge is -2.79. The first-order chi connectivity index (χ1) is 16.2. The molecule has 0 radical (unpaired) electrons. The van der Waals surface area contributed by atoms with Gasteiger partial charge in [0.25, 0.3) is 0 Å². The molecule has 1 N–H and O–H groups in total. The van der Waals surface area contributed by atoms with Gasteiger partial charge in [0.15, 0.2) is 0 Å². The second kappa shape index (κ2) is 8.76. The van der Waals surface area contributed by atoms with E-state index >= 15 is 0 Å². The minimum absolute atomic E-state index is 0.257. The summed E-state index contributed by atoms with van der Waals surface area (Å²) in [5, 5.41) is 3.10. The van der Waals surface area contributed by atoms with Crippen LogP contribution in [0.4, 0.5) is 0 Å². The molecule has 4 aliphatic carbocycles. The number of hydrogen-bond donors (Lipinski definition) is 1. The minimum Gasteiger partial charge on any atom is -0.356 e. The van der Waals surface area contributed by atoms with Gasteiger partial charge in [-0.2, -0.15) is 0 Å². The van der Waals surface area contributed by atoms with Crippen LogP contribution >= 0.6 is 0 Å². The maximum atomic E-state index is 12.4. The zero-order valence-electron chi connectivity index (χ0n) is 25.2. The third-order valence-corrected chi connectivity index (χ3v) is 14.8. The van der Waals surface area contributed by atoms with Crippen molar-refractivity contribution in [1.29, 1.82) is 0 Å². The lowest BCUT2D eigenvalue weighted by atomic mass is 9.25. The monoisotopic (exact) mass is 485 g/mol. The van der Waals surface area contributed by atoms with Gasteiger partial charge in [-0.1, -0.05) is 75.7 Å². The number of carbonyl (C=O) groups excluding carboxylic acids is 1. The summed E-state index contributed by atoms with van der Waals surface area (Å²) in [7, 11) is 0. The summed E-state index contributed by atoms with van der Waals surface area (Å²) in [5.41, 5.74) is 2.39. The average Bonchev–Trinajstić information content (AvgIpc) is 3.07. The number of hydrogen-bond acceptors (Lipinski definition) is 1. The molecule has 2 heteroatoms. The Bertz CT molecular complexity index is 822. The van der Waals surface area contributed by atoms with Crippen LogP contribution in [0.2, 0.25) is 0 Å². The third kappa shape index (κ3) is 3.42. The van der Waals surface area contributed by atoms with Crippen molar-refractivity contribution in [3.8, 4) is 0 Å². The number of rotatable bonds is 6. The van der Waals surface area contributed by atoms with E-state index in [1.54, 1.807) is 0 Å². The Labute approximate surface area is 218 Å². The molecule has 0 aliphatic heterocycles. The lowest BCUT2D eigenvalue weighted by Crippen LogP contribution is -2.72. The number of amides is 1. The molecule has 0 saturated heterocycles. The molecule has 0 bridgehead atoms. The highest BCUT2D eigenvalue weighted by Crippen LogP contribution is 2.85. The van der Waals surface area contributed by atoms with Crippen LogP contribution in [0.5, 0.6) is 0 Å². The fraction of sp³-hybridized carbons (Fsp3) is 0.970. The van der Waals surface area contributed by atoms with E-state index in [4.69, 9.17) is 0 Å². The van der Waals surface area contributed by atoms with E-state index in [2.05, 4.69) is 74.6 Å². The van der Waals surface area contributed by atoms with Crippen LogP contribution in [0.25, 0.3) is 0 Å². The number of carbonyl (C=O) groups is 1. The van der Waals surface area contributed by atoms with Crippen LogP contribution < -0.4 is 5.32 Å². The smallest absolute Gasteiger partial charge is 0.220 e. The molecule has 4 fully saturated rings. The molecule has 10 atom stereocenters. The summed E-state index contributed by atoms with van der Waals surface area (Å²) in [6.45, 7) is 26.9. The maximum Gasteiger partial charge on any atom is 0.220 e. The first-order valence-electron chi connectivity index (χ1n) is 15.4. The van der Waals surface area contributed by atoms with Gasteiger partial charge in [0.2, 0.25) is 5.91 Å². The van der Waals surface area contributed by atoms with Crippen LogP contribution in [-0.4, -0.2) is 12.5 Å². The molecule has 1 amide bonds. The van der Waals surface area contributed by atoms with Crippen LogP contribution in [-0.2, 0) is 4.79 Å². The molecule has 0 spiro atoms. The highest BCUT2D eigenvalue weighted by Gasteiger charge is 2.78. The second-order valence-electron chi connectivity index (χ2n) is 15.6. The van der Waals surface area contributed by atoms with Crippen molar-refractivity contribution in [3.05, 3.63) is 0 Å². The van der Waals surface area contributed by atoms with Gasteiger partial charge in [0.1, 0.15) is 0 Å². The summed E-state index contributed by atoms with van der Waals surface area (Å²) in [6, 6.07) is 0. The van der Waals surface area contributed by atoms with E-state index in [-0.39, 0.29) is 5.91 Å². The van der Waals surface area contributed by atoms with Crippen molar-refractivity contribution in [3.63, 3.8) is 0 Å². The summed E-state index contributed by atoms with van der Waals surface area (Å²) < 4.78 is 0. The molecule has 4 rings (SSSR count). The van der Waals surface area contributed by atoms with E-state index in [1.807, 2.05) is 0 Å². The molecule has 0 aromatic heterocycles. The van der Waals surface area contributed by atoms with Gasteiger partial charge in [-0.3, -0.25) is 4.79 Å². The topological polar surface area (TPSA) is 29.1 Å². The molecule has 4 saturated carbocycles. The molecule has 4 aliphatic rings. The van der Waals surface area contributed by atoms with Crippen LogP contribution in [0.15, 0.2) is 0 Å². The predicted octanol–water partition coefficient (Wildman–Crippen LogP) is 9.03. The first-order valence-corrected chi connectivity index (χ1v) is 15.4. The highest BCUT2D eigenvalue weighted by molar-refractivity contribution is 5.75. The average molecular weight is 486 g/mol. The molecule has 2 nitrogen and oxygen atoms in total. The Kier molecular flexibility index (Phi) is 6.88. The first kappa shape index (κ1) is 27.5. The molecular weight excluding hydrogens is 426 g/mol. The Hall–Kier alpha value is -0.530. The third-order valence-electron chi connectivity index (χ3n) is 14.8. The van der Waals surface area contributed by atoms with Gasteiger partial charge >= 0.3 is 0 Å². The standard InChI is InChI=1S/C33H59NO/c1-11-20-34-27(35)13-12-24(3)26-15-17-31(8)29(26,6)18-19-32(9)30(7)16-14-23(2)21-28(30,5)22-25(4)33(31,32)10/h23-26H,11-22H2,1-10H3,(H,34,35)/t23-,24-,25-,26-,28+,29-,30+,31-,32-,33+/m1/s1. The fourth-order valence-electron chi connectivity index (χ4n) is 12.0. The quantitative estimate of drug-likeness (QED) is 0.399. The molecule has 202 valence electrons. The van der Waals surface area contributed by atoms with Crippen LogP contribution in [0.3, 0.4) is 0 Å². The van der Waals surface area contributed by atoms with Crippen molar-refractivity contribution >= 4 is 5.91 Å². The number of nitrogens with one attached hydrogen (secondary N) is 1. The van der Waals surface area contributed by atoms with Gasteiger partial charge in [-0.05, 0) is 114 Å². The van der Waals surface area contributed by atoms with Crippen LogP contribution in [0.1, 0.15) is 140 Å². The lowest BCUT2D eigenvalue weighted by molar-refractivity contribution is -0.309. The Morgan fingerprint density at radius 2 is 1.54 bits per heavy atom. The van der Waals surface area contributed by atoms with Crippen molar-refractivity contribution in [2.75, 3.05) is 6.54 Å². The molecule has 0 unspecified atom stereocenters. The van der Waals surface area contributed by atoms with E-state index in [9.17, 15) is 4.79 Å². The van der Waals surface area contributed by atoms with Crippen molar-refractivity contribution in [2.24, 2.45) is 56.2 Å². The highest BCUT2D eigenvalue weighted by atomic mass is 16.1. The zero-order valence-corrected chi connectivity index (χ0v) is 25.2. The van der Waals surface area contributed by atoms with E-state index < -0.39 is 0 Å². The van der Waals surface area contributed by atoms with E-state index in [0.29, 0.717) is 44.8 Å². The Morgan fingerprint density at radius 3 is 2.20 bits per heavy atom. The maximum absolute atomic E-state index is 12.4. The predicted molar refractivity (Wildman–Crippen MR) is 149 cm³/mol. The Balaban J connectivity index is 1.65. The second-order valence-corrected chi connectivity index (χ2v) is 15.6. The van der Waals surface area contributed by atoms with Gasteiger partial charge < -0.3 is 5.32 Å². The summed E-state index contributed by atoms with van der Waals surface area (Å²) in [4.78, 5) is 12.4. The Morgan fingerprint density at radius 1 is 0.886 bits per heavy atom. The molecule has 0 aromatic carbocycles. The summed E-state index contributed by atoms with van der Waals surface area (Å²) >= 11 is 0. The van der Waals surface area contributed by atoms with Gasteiger partial charge in [0, 0.05) is 13.0 Å². The van der Waals surface area contributed by atoms with Crippen molar-refractivity contribution in [2.45, 2.75) is 140 Å². The summed E-state index contributed by atoms with van der Waals surface area (Å²) in [5.74, 6) is 3.26. The van der Waals surface area contributed by atoms with Gasteiger partial charge in [0.05, 0.1) is 0 Å². The van der Waals surface area contributed by atoms with Gasteiger partial charge in [-0.15, -0.1) is 0 Å². The van der Waals surface area contributed by atoms with E-state index in [1.165, 1.54) is 51.4 Å². The zero-order chi connectivity index (χ0) is 26.1.